The lowest BCUT2D eigenvalue weighted by atomic mass is 9.95. The molecule has 4 aromatic rings. The van der Waals surface area contributed by atoms with E-state index in [-0.39, 0.29) is 5.95 Å². The highest BCUT2D eigenvalue weighted by atomic mass is 35.5. The topological polar surface area (TPSA) is 115 Å². The number of rotatable bonds is 8. The molecule has 42 heavy (non-hydrogen) atoms. The quantitative estimate of drug-likeness (QED) is 0.189. The van der Waals surface area contributed by atoms with Gasteiger partial charge in [-0.05, 0) is 48.0 Å². The summed E-state index contributed by atoms with van der Waals surface area (Å²) in [6.07, 6.45) is 0. The summed E-state index contributed by atoms with van der Waals surface area (Å²) in [5, 5.41) is 3.28. The van der Waals surface area contributed by atoms with E-state index < -0.39 is 29.2 Å². The summed E-state index contributed by atoms with van der Waals surface area (Å²) in [6.45, 7) is 0. The number of hydrogen-bond acceptors (Lipinski definition) is 7. The van der Waals surface area contributed by atoms with E-state index in [9.17, 15) is 14.0 Å². The van der Waals surface area contributed by atoms with Gasteiger partial charge in [0, 0.05) is 16.1 Å². The number of halogens is 3. The van der Waals surface area contributed by atoms with Crippen LogP contribution in [0.25, 0.3) is 22.5 Å². The SMILES string of the molecule is COc1cc(-c2cc(-c3ccc(Cl)cc3)nc(NC(=O)NN3C(=O)C(Cl)C3c3ccc(F)cc3)n2)cc(OC)c1OC. The van der Waals surface area contributed by atoms with Gasteiger partial charge in [-0.3, -0.25) is 10.1 Å². The number of alkyl halides is 1. The summed E-state index contributed by atoms with van der Waals surface area (Å²) < 4.78 is 29.8. The summed E-state index contributed by atoms with van der Waals surface area (Å²) >= 11 is 12.3. The number of aromatic nitrogens is 2. The zero-order valence-corrected chi connectivity index (χ0v) is 24.0. The van der Waals surface area contributed by atoms with E-state index in [0.29, 0.717) is 50.3 Å². The third kappa shape index (κ3) is 5.74. The van der Waals surface area contributed by atoms with E-state index in [1.54, 1.807) is 42.5 Å². The van der Waals surface area contributed by atoms with Crippen molar-refractivity contribution in [3.05, 3.63) is 83.1 Å². The van der Waals surface area contributed by atoms with Gasteiger partial charge in [0.25, 0.3) is 5.91 Å². The van der Waals surface area contributed by atoms with E-state index in [4.69, 9.17) is 37.4 Å². The summed E-state index contributed by atoms with van der Waals surface area (Å²) in [4.78, 5) is 34.6. The molecule has 0 saturated carbocycles. The van der Waals surface area contributed by atoms with E-state index in [0.717, 1.165) is 5.01 Å². The van der Waals surface area contributed by atoms with Gasteiger partial charge < -0.3 is 14.2 Å². The number of carbonyl (C=O) groups is 2. The highest BCUT2D eigenvalue weighted by molar-refractivity contribution is 6.33. The highest BCUT2D eigenvalue weighted by Crippen LogP contribution is 2.41. The fourth-order valence-electron chi connectivity index (χ4n) is 4.44. The number of anilines is 1. The fraction of sp³-hybridized carbons (Fsp3) is 0.172. The van der Waals surface area contributed by atoms with Crippen molar-refractivity contribution in [3.8, 4) is 39.8 Å². The number of β-lactam (4-membered cyclic amide) rings is 1. The van der Waals surface area contributed by atoms with Gasteiger partial charge in [-0.1, -0.05) is 35.9 Å². The number of ether oxygens (including phenoxy) is 3. The zero-order chi connectivity index (χ0) is 30.0. The molecule has 13 heteroatoms. The first-order valence-corrected chi connectivity index (χ1v) is 13.3. The molecule has 2 unspecified atom stereocenters. The van der Waals surface area contributed by atoms with Crippen LogP contribution in [0.2, 0.25) is 5.02 Å². The molecule has 1 aromatic heterocycles. The van der Waals surface area contributed by atoms with Crippen LogP contribution in [-0.2, 0) is 4.79 Å². The molecule has 3 aromatic carbocycles. The van der Waals surface area contributed by atoms with Crippen molar-refractivity contribution < 1.29 is 28.2 Å². The molecule has 1 saturated heterocycles. The summed E-state index contributed by atoms with van der Waals surface area (Å²) in [7, 11) is 4.50. The van der Waals surface area contributed by atoms with Crippen LogP contribution in [0, 0.1) is 5.82 Å². The molecule has 2 N–H and O–H groups in total. The van der Waals surface area contributed by atoms with E-state index in [1.165, 1.54) is 45.6 Å². The number of amides is 3. The van der Waals surface area contributed by atoms with Gasteiger partial charge in [-0.15, -0.1) is 11.6 Å². The lowest BCUT2D eigenvalue weighted by molar-refractivity contribution is -0.149. The summed E-state index contributed by atoms with van der Waals surface area (Å²) in [5.41, 5.74) is 5.24. The van der Waals surface area contributed by atoms with Crippen LogP contribution in [0.3, 0.4) is 0 Å². The maximum Gasteiger partial charge on any atom is 0.340 e. The third-order valence-electron chi connectivity index (χ3n) is 6.51. The minimum Gasteiger partial charge on any atom is -0.493 e. The van der Waals surface area contributed by atoms with Crippen molar-refractivity contribution in [2.75, 3.05) is 26.6 Å². The van der Waals surface area contributed by atoms with Crippen molar-refractivity contribution in [1.82, 2.24) is 20.4 Å². The molecule has 1 aliphatic heterocycles. The Bertz CT molecular complexity index is 1610. The Hall–Kier alpha value is -4.61. The lowest BCUT2D eigenvalue weighted by Crippen LogP contribution is -2.63. The second-order valence-corrected chi connectivity index (χ2v) is 9.96. The van der Waals surface area contributed by atoms with Gasteiger partial charge in [0.1, 0.15) is 17.2 Å². The van der Waals surface area contributed by atoms with E-state index in [1.807, 2.05) is 0 Å². The van der Waals surface area contributed by atoms with Gasteiger partial charge in [0.15, 0.2) is 11.5 Å². The smallest absolute Gasteiger partial charge is 0.340 e. The molecule has 0 spiro atoms. The summed E-state index contributed by atoms with van der Waals surface area (Å²) in [5.74, 6) is 0.205. The monoisotopic (exact) mass is 611 g/mol. The second-order valence-electron chi connectivity index (χ2n) is 9.06. The first-order chi connectivity index (χ1) is 20.2. The average molecular weight is 612 g/mol. The molecule has 5 rings (SSSR count). The van der Waals surface area contributed by atoms with E-state index >= 15 is 0 Å². The minimum atomic E-state index is -0.924. The predicted octanol–water partition coefficient (Wildman–Crippen LogP) is 5.86. The number of methoxy groups -OCH3 is 3. The van der Waals surface area contributed by atoms with Crippen molar-refractivity contribution in [3.63, 3.8) is 0 Å². The van der Waals surface area contributed by atoms with Crippen molar-refractivity contribution in [2.24, 2.45) is 0 Å². The Balaban J connectivity index is 1.48. The Labute approximate surface area is 250 Å². The Morgan fingerprint density at radius 3 is 2.05 bits per heavy atom. The molecule has 10 nitrogen and oxygen atoms in total. The van der Waals surface area contributed by atoms with Crippen LogP contribution < -0.4 is 25.0 Å². The number of hydrogen-bond donors (Lipinski definition) is 2. The van der Waals surface area contributed by atoms with Crippen LogP contribution >= 0.6 is 23.2 Å². The van der Waals surface area contributed by atoms with Crippen molar-refractivity contribution in [2.45, 2.75) is 11.4 Å². The number of nitrogens with one attached hydrogen (secondary N) is 2. The first kappa shape index (κ1) is 28.9. The second kappa shape index (κ2) is 12.1. The zero-order valence-electron chi connectivity index (χ0n) is 22.5. The van der Waals surface area contributed by atoms with Crippen LogP contribution in [0.15, 0.2) is 66.7 Å². The van der Waals surface area contributed by atoms with Gasteiger partial charge in [0.2, 0.25) is 11.7 Å². The van der Waals surface area contributed by atoms with Gasteiger partial charge in [-0.2, -0.15) is 0 Å². The predicted molar refractivity (Wildman–Crippen MR) is 155 cm³/mol. The average Bonchev–Trinajstić information content (AvgIpc) is 3.00. The van der Waals surface area contributed by atoms with Crippen LogP contribution in [-0.4, -0.2) is 53.6 Å². The minimum absolute atomic E-state index is 0.0579. The molecule has 0 radical (unpaired) electrons. The van der Waals surface area contributed by atoms with Gasteiger partial charge >= 0.3 is 6.03 Å². The van der Waals surface area contributed by atoms with E-state index in [2.05, 4.69) is 20.7 Å². The van der Waals surface area contributed by atoms with Crippen LogP contribution in [0.5, 0.6) is 17.2 Å². The molecule has 0 aliphatic carbocycles. The standard InChI is InChI=1S/C29H24Cl2FN5O5/c1-40-22-12-17(13-23(41-2)26(22)42-3)21-14-20(15-4-8-18(30)9-5-15)33-28(34-21)35-29(39)36-37-25(24(31)27(37)38)16-6-10-19(32)11-7-16/h4-14,24-25H,1-3H3,(H2,33,34,35,36,39). The number of carbonyl (C=O) groups excluding carboxylic acids is 2. The molecule has 1 aliphatic rings. The van der Waals surface area contributed by atoms with Gasteiger partial charge in [0.05, 0.1) is 32.7 Å². The van der Waals surface area contributed by atoms with Crippen LogP contribution in [0.1, 0.15) is 11.6 Å². The number of nitrogens with zero attached hydrogens (tertiary/aromatic N) is 3. The normalized spacial score (nSPS) is 16.0. The first-order valence-electron chi connectivity index (χ1n) is 12.5. The molecule has 2 atom stereocenters. The Morgan fingerprint density at radius 1 is 0.881 bits per heavy atom. The molecule has 3 amide bonds. The van der Waals surface area contributed by atoms with Gasteiger partial charge in [-0.25, -0.2) is 29.6 Å². The fourth-order valence-corrected chi connectivity index (χ4v) is 4.93. The largest absolute Gasteiger partial charge is 0.493 e. The molecule has 2 heterocycles. The Kier molecular flexibility index (Phi) is 8.32. The molecular formula is C29H24Cl2FN5O5. The maximum atomic E-state index is 13.4. The van der Waals surface area contributed by atoms with Crippen molar-refractivity contribution >= 4 is 41.1 Å². The number of benzene rings is 3. The number of hydrazine groups is 1. The molecule has 1 fully saturated rings. The lowest BCUT2D eigenvalue weighted by Gasteiger charge is -2.43. The third-order valence-corrected chi connectivity index (χ3v) is 7.19. The van der Waals surface area contributed by atoms with Crippen molar-refractivity contribution in [1.29, 1.82) is 0 Å². The maximum absolute atomic E-state index is 13.4. The highest BCUT2D eigenvalue weighted by Gasteiger charge is 2.48. The molecule has 216 valence electrons. The number of urea groups is 1. The Morgan fingerprint density at radius 2 is 1.48 bits per heavy atom. The molecular weight excluding hydrogens is 588 g/mol. The summed E-state index contributed by atoms with van der Waals surface area (Å²) in [6, 6.07) is 16.2. The van der Waals surface area contributed by atoms with Crippen LogP contribution in [0.4, 0.5) is 15.1 Å². The molecule has 0 bridgehead atoms.